The van der Waals surface area contributed by atoms with Gasteiger partial charge in [-0.05, 0) is 18.1 Å². The lowest BCUT2D eigenvalue weighted by atomic mass is 10.2. The first-order valence-corrected chi connectivity index (χ1v) is 4.79. The molecule has 1 aromatic rings. The standard InChI is InChI=1S/C10H15N3O2/c1-7(2)6-13(3)9-5-4-8(10(14)15)11-12-9/h4-5,7H,6H2,1-3H3,(H,14,15). The van der Waals surface area contributed by atoms with Crippen molar-refractivity contribution in [3.05, 3.63) is 17.8 Å². The SMILES string of the molecule is CC(C)CN(C)c1ccc(C(=O)O)nn1. The molecule has 0 saturated heterocycles. The summed E-state index contributed by atoms with van der Waals surface area (Å²) in [4.78, 5) is 12.5. The minimum atomic E-state index is -1.06. The third-order valence-corrected chi connectivity index (χ3v) is 1.90. The van der Waals surface area contributed by atoms with Crippen molar-refractivity contribution in [1.29, 1.82) is 0 Å². The highest BCUT2D eigenvalue weighted by Crippen LogP contribution is 2.09. The van der Waals surface area contributed by atoms with E-state index in [1.807, 2.05) is 11.9 Å². The number of nitrogens with zero attached hydrogens (tertiary/aromatic N) is 3. The largest absolute Gasteiger partial charge is 0.476 e. The Labute approximate surface area is 88.7 Å². The number of rotatable bonds is 4. The molecule has 0 unspecified atom stereocenters. The van der Waals surface area contributed by atoms with Gasteiger partial charge in [-0.3, -0.25) is 0 Å². The van der Waals surface area contributed by atoms with Gasteiger partial charge in [0.1, 0.15) is 0 Å². The van der Waals surface area contributed by atoms with Crippen LogP contribution in [0.25, 0.3) is 0 Å². The Bertz CT molecular complexity index is 335. The summed E-state index contributed by atoms with van der Waals surface area (Å²) in [7, 11) is 1.91. The molecular formula is C10H15N3O2. The molecule has 0 radical (unpaired) electrons. The van der Waals surface area contributed by atoms with Crippen molar-refractivity contribution in [3.8, 4) is 0 Å². The van der Waals surface area contributed by atoms with E-state index in [0.717, 1.165) is 6.54 Å². The number of aromatic carboxylic acids is 1. The second-order valence-corrected chi connectivity index (χ2v) is 3.86. The maximum atomic E-state index is 10.5. The molecule has 5 nitrogen and oxygen atoms in total. The molecule has 1 rings (SSSR count). The van der Waals surface area contributed by atoms with Gasteiger partial charge >= 0.3 is 5.97 Å². The van der Waals surface area contributed by atoms with Gasteiger partial charge in [-0.15, -0.1) is 10.2 Å². The van der Waals surface area contributed by atoms with Crippen molar-refractivity contribution in [3.63, 3.8) is 0 Å². The predicted molar refractivity (Wildman–Crippen MR) is 57.1 cm³/mol. The fourth-order valence-electron chi connectivity index (χ4n) is 1.28. The van der Waals surface area contributed by atoms with Crippen molar-refractivity contribution >= 4 is 11.8 Å². The second-order valence-electron chi connectivity index (χ2n) is 3.86. The first kappa shape index (κ1) is 11.4. The first-order valence-electron chi connectivity index (χ1n) is 4.79. The molecule has 0 bridgehead atoms. The summed E-state index contributed by atoms with van der Waals surface area (Å²) in [5.74, 6) is 0.158. The molecule has 0 spiro atoms. The average Bonchev–Trinajstić information content (AvgIpc) is 2.17. The van der Waals surface area contributed by atoms with Crippen LogP contribution in [0, 0.1) is 5.92 Å². The normalized spacial score (nSPS) is 10.4. The average molecular weight is 209 g/mol. The summed E-state index contributed by atoms with van der Waals surface area (Å²) in [6.45, 7) is 5.08. The molecule has 1 heterocycles. The summed E-state index contributed by atoms with van der Waals surface area (Å²) >= 11 is 0. The lowest BCUT2D eigenvalue weighted by Gasteiger charge is -2.19. The molecule has 0 aromatic carbocycles. The van der Waals surface area contributed by atoms with Crippen LogP contribution in [-0.2, 0) is 0 Å². The minimum Gasteiger partial charge on any atom is -0.476 e. The van der Waals surface area contributed by atoms with Crippen molar-refractivity contribution in [1.82, 2.24) is 10.2 Å². The molecule has 1 aromatic heterocycles. The fraction of sp³-hybridized carbons (Fsp3) is 0.500. The van der Waals surface area contributed by atoms with Gasteiger partial charge < -0.3 is 10.0 Å². The zero-order chi connectivity index (χ0) is 11.4. The highest BCUT2D eigenvalue weighted by Gasteiger charge is 2.08. The minimum absolute atomic E-state index is 0.0308. The van der Waals surface area contributed by atoms with E-state index < -0.39 is 5.97 Å². The maximum absolute atomic E-state index is 10.5. The number of hydrogen-bond acceptors (Lipinski definition) is 4. The molecule has 0 aliphatic carbocycles. The molecule has 1 N–H and O–H groups in total. The van der Waals surface area contributed by atoms with E-state index in [2.05, 4.69) is 24.0 Å². The summed E-state index contributed by atoms with van der Waals surface area (Å²) in [6, 6.07) is 3.13. The lowest BCUT2D eigenvalue weighted by molar-refractivity contribution is 0.0689. The van der Waals surface area contributed by atoms with E-state index in [1.54, 1.807) is 6.07 Å². The van der Waals surface area contributed by atoms with Gasteiger partial charge in [0.25, 0.3) is 0 Å². The zero-order valence-corrected chi connectivity index (χ0v) is 9.14. The monoisotopic (exact) mass is 209 g/mol. The van der Waals surface area contributed by atoms with E-state index in [4.69, 9.17) is 5.11 Å². The molecule has 5 heteroatoms. The molecule has 0 atom stereocenters. The van der Waals surface area contributed by atoms with Crippen LogP contribution in [0.2, 0.25) is 0 Å². The van der Waals surface area contributed by atoms with Crippen LogP contribution in [0.15, 0.2) is 12.1 Å². The van der Waals surface area contributed by atoms with Gasteiger partial charge in [0.2, 0.25) is 0 Å². The Kier molecular flexibility index (Phi) is 3.60. The Morgan fingerprint density at radius 3 is 2.53 bits per heavy atom. The molecule has 82 valence electrons. The van der Waals surface area contributed by atoms with E-state index in [1.165, 1.54) is 6.07 Å². The third-order valence-electron chi connectivity index (χ3n) is 1.90. The molecule has 15 heavy (non-hydrogen) atoms. The van der Waals surface area contributed by atoms with E-state index in [-0.39, 0.29) is 5.69 Å². The second kappa shape index (κ2) is 4.72. The van der Waals surface area contributed by atoms with Gasteiger partial charge in [0.05, 0.1) is 0 Å². The topological polar surface area (TPSA) is 66.3 Å². The molecule has 0 saturated carbocycles. The highest BCUT2D eigenvalue weighted by molar-refractivity contribution is 5.85. The van der Waals surface area contributed by atoms with Crippen LogP contribution >= 0.6 is 0 Å². The third kappa shape index (κ3) is 3.19. The van der Waals surface area contributed by atoms with Crippen LogP contribution < -0.4 is 4.90 Å². The number of anilines is 1. The predicted octanol–water partition coefficient (Wildman–Crippen LogP) is 1.27. The highest BCUT2D eigenvalue weighted by atomic mass is 16.4. The summed E-state index contributed by atoms with van der Waals surface area (Å²) in [5, 5.41) is 16.1. The molecule has 0 amide bonds. The van der Waals surface area contributed by atoms with Gasteiger partial charge in [0.15, 0.2) is 11.5 Å². The Morgan fingerprint density at radius 1 is 1.47 bits per heavy atom. The van der Waals surface area contributed by atoms with Crippen LogP contribution in [0.4, 0.5) is 5.82 Å². The van der Waals surface area contributed by atoms with Crippen molar-refractivity contribution in [2.24, 2.45) is 5.92 Å². The Hall–Kier alpha value is -1.65. The van der Waals surface area contributed by atoms with Crippen molar-refractivity contribution < 1.29 is 9.90 Å². The fourth-order valence-corrected chi connectivity index (χ4v) is 1.28. The zero-order valence-electron chi connectivity index (χ0n) is 9.14. The molecule has 0 fully saturated rings. The smallest absolute Gasteiger partial charge is 0.356 e. The lowest BCUT2D eigenvalue weighted by Crippen LogP contribution is -2.24. The van der Waals surface area contributed by atoms with Gasteiger partial charge in [-0.25, -0.2) is 4.79 Å². The number of carboxylic acids is 1. The summed E-state index contributed by atoms with van der Waals surface area (Å²) < 4.78 is 0. The number of carbonyl (C=O) groups is 1. The number of carboxylic acid groups (broad SMARTS) is 1. The summed E-state index contributed by atoms with van der Waals surface area (Å²) in [5.41, 5.74) is -0.0308. The maximum Gasteiger partial charge on any atom is 0.356 e. The van der Waals surface area contributed by atoms with E-state index in [0.29, 0.717) is 11.7 Å². The van der Waals surface area contributed by atoms with Crippen molar-refractivity contribution in [2.75, 3.05) is 18.5 Å². The van der Waals surface area contributed by atoms with Crippen LogP contribution in [0.1, 0.15) is 24.3 Å². The number of hydrogen-bond donors (Lipinski definition) is 1. The van der Waals surface area contributed by atoms with Gasteiger partial charge in [-0.1, -0.05) is 13.8 Å². The van der Waals surface area contributed by atoms with E-state index >= 15 is 0 Å². The molecule has 0 aliphatic heterocycles. The summed E-state index contributed by atoms with van der Waals surface area (Å²) in [6.07, 6.45) is 0. The molecule has 0 aliphatic rings. The van der Waals surface area contributed by atoms with Gasteiger partial charge in [0, 0.05) is 13.6 Å². The first-order chi connectivity index (χ1) is 7.00. The van der Waals surface area contributed by atoms with Crippen molar-refractivity contribution in [2.45, 2.75) is 13.8 Å². The van der Waals surface area contributed by atoms with Crippen LogP contribution in [-0.4, -0.2) is 34.9 Å². The van der Waals surface area contributed by atoms with Crippen LogP contribution in [0.5, 0.6) is 0 Å². The van der Waals surface area contributed by atoms with Gasteiger partial charge in [-0.2, -0.15) is 0 Å². The van der Waals surface area contributed by atoms with Crippen LogP contribution in [0.3, 0.4) is 0 Å². The molecular weight excluding hydrogens is 194 g/mol. The Morgan fingerprint density at radius 2 is 2.13 bits per heavy atom. The van der Waals surface area contributed by atoms with E-state index in [9.17, 15) is 4.79 Å². The quantitative estimate of drug-likeness (QED) is 0.808. The Balaban J connectivity index is 2.75. The number of aromatic nitrogens is 2.